The van der Waals surface area contributed by atoms with Crippen LogP contribution in [-0.4, -0.2) is 50.5 Å². The van der Waals surface area contributed by atoms with Crippen molar-refractivity contribution in [2.75, 3.05) is 23.7 Å². The van der Waals surface area contributed by atoms with Gasteiger partial charge in [-0.15, -0.1) is 0 Å². The first-order chi connectivity index (χ1) is 19.0. The average molecular weight is 609 g/mol. The Morgan fingerprint density at radius 3 is 2.27 bits per heavy atom. The highest BCUT2D eigenvalue weighted by atomic mass is 35.5. The SMILES string of the molecule is CCNC(=O)[C@@H](Cc1ccccc1)N(Cc1ccc(F)cc1)C(=O)CCCN(c1cc(Cl)ccc1Cl)S(C)(=O)=O. The Balaban J connectivity index is 1.87. The summed E-state index contributed by atoms with van der Waals surface area (Å²) in [7, 11) is -3.74. The van der Waals surface area contributed by atoms with E-state index in [1.807, 2.05) is 30.3 Å². The minimum absolute atomic E-state index is 0.0282. The number of sulfonamides is 1. The van der Waals surface area contributed by atoms with Crippen LogP contribution in [0.5, 0.6) is 0 Å². The summed E-state index contributed by atoms with van der Waals surface area (Å²) in [5.41, 5.74) is 1.74. The topological polar surface area (TPSA) is 86.8 Å². The Hall–Kier alpha value is -3.14. The van der Waals surface area contributed by atoms with Gasteiger partial charge in [0.15, 0.2) is 0 Å². The zero-order chi connectivity index (χ0) is 29.3. The van der Waals surface area contributed by atoms with E-state index in [2.05, 4.69) is 5.32 Å². The molecule has 3 rings (SSSR count). The van der Waals surface area contributed by atoms with Crippen LogP contribution in [0.3, 0.4) is 0 Å². The van der Waals surface area contributed by atoms with Crippen molar-refractivity contribution < 1.29 is 22.4 Å². The van der Waals surface area contributed by atoms with Gasteiger partial charge < -0.3 is 10.2 Å². The molecule has 0 aliphatic carbocycles. The predicted octanol–water partition coefficient (Wildman–Crippen LogP) is 5.45. The van der Waals surface area contributed by atoms with Gasteiger partial charge in [-0.1, -0.05) is 65.7 Å². The van der Waals surface area contributed by atoms with E-state index in [1.165, 1.54) is 29.2 Å². The van der Waals surface area contributed by atoms with Crippen LogP contribution < -0.4 is 9.62 Å². The highest BCUT2D eigenvalue weighted by Gasteiger charge is 2.30. The van der Waals surface area contributed by atoms with E-state index < -0.39 is 21.9 Å². The van der Waals surface area contributed by atoms with Gasteiger partial charge >= 0.3 is 0 Å². The van der Waals surface area contributed by atoms with E-state index in [9.17, 15) is 22.4 Å². The third kappa shape index (κ3) is 8.94. The lowest BCUT2D eigenvalue weighted by Gasteiger charge is -2.32. The Morgan fingerprint density at radius 1 is 0.975 bits per heavy atom. The molecular formula is C29H32Cl2FN3O4S. The Morgan fingerprint density at radius 2 is 1.65 bits per heavy atom. The average Bonchev–Trinajstić information content (AvgIpc) is 2.91. The molecule has 0 saturated carbocycles. The summed E-state index contributed by atoms with van der Waals surface area (Å²) < 4.78 is 39.9. The Labute approximate surface area is 244 Å². The fourth-order valence-corrected chi connectivity index (χ4v) is 5.70. The molecule has 214 valence electrons. The molecule has 0 aromatic heterocycles. The first-order valence-electron chi connectivity index (χ1n) is 12.8. The predicted molar refractivity (Wildman–Crippen MR) is 157 cm³/mol. The molecule has 0 unspecified atom stereocenters. The zero-order valence-corrected chi connectivity index (χ0v) is 24.6. The molecule has 1 N–H and O–H groups in total. The molecule has 0 aliphatic rings. The van der Waals surface area contributed by atoms with Gasteiger partial charge in [-0.3, -0.25) is 13.9 Å². The van der Waals surface area contributed by atoms with Crippen LogP contribution >= 0.6 is 23.2 Å². The van der Waals surface area contributed by atoms with E-state index in [-0.39, 0.29) is 54.9 Å². The van der Waals surface area contributed by atoms with Crippen molar-refractivity contribution in [3.8, 4) is 0 Å². The molecule has 0 radical (unpaired) electrons. The van der Waals surface area contributed by atoms with Gasteiger partial charge in [-0.2, -0.15) is 0 Å². The summed E-state index contributed by atoms with van der Waals surface area (Å²) in [6, 6.07) is 18.8. The van der Waals surface area contributed by atoms with Crippen molar-refractivity contribution in [2.45, 2.75) is 38.8 Å². The molecule has 0 saturated heterocycles. The minimum atomic E-state index is -3.74. The van der Waals surface area contributed by atoms with Crippen LogP contribution in [0, 0.1) is 5.82 Å². The van der Waals surface area contributed by atoms with E-state index in [1.54, 1.807) is 25.1 Å². The highest BCUT2D eigenvalue weighted by molar-refractivity contribution is 7.92. The lowest BCUT2D eigenvalue weighted by atomic mass is 10.0. The second-order valence-corrected chi connectivity index (χ2v) is 12.0. The number of carbonyl (C=O) groups is 2. The summed E-state index contributed by atoms with van der Waals surface area (Å²) in [6.45, 7) is 2.22. The van der Waals surface area contributed by atoms with Gasteiger partial charge in [0.2, 0.25) is 21.8 Å². The fourth-order valence-electron chi connectivity index (χ4n) is 4.29. The maximum absolute atomic E-state index is 13.7. The van der Waals surface area contributed by atoms with Gasteiger partial charge in [0.05, 0.1) is 17.0 Å². The molecule has 0 spiro atoms. The van der Waals surface area contributed by atoms with Crippen molar-refractivity contribution in [1.29, 1.82) is 0 Å². The molecular weight excluding hydrogens is 576 g/mol. The Kier molecular flexibility index (Phi) is 11.4. The first kappa shape index (κ1) is 31.4. The number of benzene rings is 3. The van der Waals surface area contributed by atoms with Gasteiger partial charge in [0, 0.05) is 37.5 Å². The van der Waals surface area contributed by atoms with Gasteiger partial charge in [0.25, 0.3) is 0 Å². The van der Waals surface area contributed by atoms with Crippen molar-refractivity contribution in [3.63, 3.8) is 0 Å². The number of hydrogen-bond donors (Lipinski definition) is 1. The van der Waals surface area contributed by atoms with E-state index in [0.29, 0.717) is 17.1 Å². The number of nitrogens with one attached hydrogen (secondary N) is 1. The monoisotopic (exact) mass is 607 g/mol. The number of nitrogens with zero attached hydrogens (tertiary/aromatic N) is 2. The molecule has 11 heteroatoms. The van der Waals surface area contributed by atoms with Crippen molar-refractivity contribution in [2.24, 2.45) is 0 Å². The smallest absolute Gasteiger partial charge is 0.243 e. The van der Waals surface area contributed by atoms with Crippen molar-refractivity contribution in [1.82, 2.24) is 10.2 Å². The molecule has 40 heavy (non-hydrogen) atoms. The van der Waals surface area contributed by atoms with Crippen LogP contribution in [0.4, 0.5) is 10.1 Å². The molecule has 3 aromatic rings. The molecule has 7 nitrogen and oxygen atoms in total. The van der Waals surface area contributed by atoms with E-state index in [0.717, 1.165) is 16.1 Å². The summed E-state index contributed by atoms with van der Waals surface area (Å²) in [5.74, 6) is -1.07. The molecule has 0 heterocycles. The van der Waals surface area contributed by atoms with Gasteiger partial charge in [-0.25, -0.2) is 12.8 Å². The maximum atomic E-state index is 13.7. The quantitative estimate of drug-likeness (QED) is 0.280. The second-order valence-electron chi connectivity index (χ2n) is 9.28. The maximum Gasteiger partial charge on any atom is 0.243 e. The number of halogens is 3. The number of likely N-dealkylation sites (N-methyl/N-ethyl adjacent to an activating group) is 1. The highest BCUT2D eigenvalue weighted by Crippen LogP contribution is 2.31. The third-order valence-corrected chi connectivity index (χ3v) is 7.95. The van der Waals surface area contributed by atoms with Crippen LogP contribution in [0.2, 0.25) is 10.0 Å². The largest absolute Gasteiger partial charge is 0.355 e. The summed E-state index contributed by atoms with van der Waals surface area (Å²) >= 11 is 12.3. The lowest BCUT2D eigenvalue weighted by Crippen LogP contribution is -2.50. The lowest BCUT2D eigenvalue weighted by molar-refractivity contribution is -0.141. The van der Waals surface area contributed by atoms with Crippen LogP contribution in [0.1, 0.15) is 30.9 Å². The Bertz CT molecular complexity index is 1410. The zero-order valence-electron chi connectivity index (χ0n) is 22.3. The standard InChI is InChI=1S/C29H32Cl2FN3O4S/c1-3-33-29(37)27(18-21-8-5-4-6-9-21)34(20-22-11-14-24(32)15-12-22)28(36)10-7-17-35(40(2,38)39)26-19-23(30)13-16-25(26)31/h4-6,8-9,11-16,19,27H,3,7,10,17-18,20H2,1-2H3,(H,33,37)/t27-/m1/s1. The van der Waals surface area contributed by atoms with Gasteiger partial charge in [0.1, 0.15) is 11.9 Å². The second kappa shape index (κ2) is 14.5. The van der Waals surface area contributed by atoms with Gasteiger partial charge in [-0.05, 0) is 54.8 Å². The minimum Gasteiger partial charge on any atom is -0.355 e. The van der Waals surface area contributed by atoms with Crippen LogP contribution in [-0.2, 0) is 32.6 Å². The molecule has 2 amide bonds. The number of anilines is 1. The van der Waals surface area contributed by atoms with Crippen molar-refractivity contribution in [3.05, 3.63) is 99.8 Å². The molecule has 0 aliphatic heterocycles. The summed E-state index contributed by atoms with van der Waals surface area (Å²) in [6.07, 6.45) is 1.43. The summed E-state index contributed by atoms with van der Waals surface area (Å²) in [5, 5.41) is 3.34. The third-order valence-electron chi connectivity index (χ3n) is 6.22. The van der Waals surface area contributed by atoms with Crippen LogP contribution in [0.25, 0.3) is 0 Å². The fraction of sp³-hybridized carbons (Fsp3) is 0.310. The summed E-state index contributed by atoms with van der Waals surface area (Å²) in [4.78, 5) is 28.4. The number of hydrogen-bond acceptors (Lipinski definition) is 4. The first-order valence-corrected chi connectivity index (χ1v) is 15.4. The van der Waals surface area contributed by atoms with E-state index >= 15 is 0 Å². The number of carbonyl (C=O) groups excluding carboxylic acids is 2. The van der Waals surface area contributed by atoms with Crippen LogP contribution in [0.15, 0.2) is 72.8 Å². The number of rotatable bonds is 13. The normalized spacial score (nSPS) is 12.0. The molecule has 3 aromatic carbocycles. The number of amides is 2. The molecule has 1 atom stereocenters. The molecule has 0 fully saturated rings. The molecule has 0 bridgehead atoms. The van der Waals surface area contributed by atoms with E-state index in [4.69, 9.17) is 23.2 Å². The van der Waals surface area contributed by atoms with Crippen molar-refractivity contribution >= 4 is 50.7 Å².